The van der Waals surface area contributed by atoms with Crippen LogP contribution in [0.2, 0.25) is 0 Å². The highest BCUT2D eigenvalue weighted by Crippen LogP contribution is 2.28. The van der Waals surface area contributed by atoms with Gasteiger partial charge in [0.1, 0.15) is 5.82 Å². The van der Waals surface area contributed by atoms with E-state index in [-0.39, 0.29) is 0 Å². The molecule has 0 amide bonds. The summed E-state index contributed by atoms with van der Waals surface area (Å²) in [5, 5.41) is 8.37. The van der Waals surface area contributed by atoms with Crippen LogP contribution < -0.4 is 5.32 Å². The first kappa shape index (κ1) is 16.6. The summed E-state index contributed by atoms with van der Waals surface area (Å²) in [6.07, 6.45) is 7.50. The van der Waals surface area contributed by atoms with Crippen LogP contribution in [0.25, 0.3) is 0 Å². The molecule has 1 aliphatic heterocycles. The van der Waals surface area contributed by atoms with Crippen molar-refractivity contribution in [2.24, 2.45) is 7.05 Å². The van der Waals surface area contributed by atoms with Gasteiger partial charge in [-0.3, -0.25) is 4.68 Å². The van der Waals surface area contributed by atoms with E-state index in [0.29, 0.717) is 0 Å². The smallest absolute Gasteiger partial charge is 0.127 e. The van der Waals surface area contributed by atoms with Gasteiger partial charge in [0.15, 0.2) is 0 Å². The number of nitrogens with zero attached hydrogens (tertiary/aromatic N) is 3. The van der Waals surface area contributed by atoms with Crippen molar-refractivity contribution in [1.29, 1.82) is 0 Å². The zero-order valence-electron chi connectivity index (χ0n) is 15.4. The fraction of sp³-hybridized carbons (Fsp3) is 0.571. The minimum atomic E-state index is 0.745. The molecule has 2 aliphatic rings. The van der Waals surface area contributed by atoms with E-state index in [4.69, 9.17) is 5.10 Å². The predicted molar refractivity (Wildman–Crippen MR) is 103 cm³/mol. The van der Waals surface area contributed by atoms with Crippen LogP contribution in [0.15, 0.2) is 30.3 Å². The maximum absolute atomic E-state index is 4.70. The van der Waals surface area contributed by atoms with E-state index in [1.807, 2.05) is 0 Å². The molecular formula is C21H30N4. The molecular weight excluding hydrogens is 308 g/mol. The second-order valence-electron chi connectivity index (χ2n) is 7.56. The first-order chi connectivity index (χ1) is 12.3. The molecule has 1 fully saturated rings. The van der Waals surface area contributed by atoms with E-state index in [0.717, 1.165) is 25.4 Å². The Morgan fingerprint density at radius 3 is 2.64 bits per heavy atom. The molecule has 0 radical (unpaired) electrons. The van der Waals surface area contributed by atoms with Gasteiger partial charge in [-0.1, -0.05) is 30.3 Å². The minimum absolute atomic E-state index is 0.745. The summed E-state index contributed by atoms with van der Waals surface area (Å²) in [5.41, 5.74) is 4.30. The second-order valence-corrected chi connectivity index (χ2v) is 7.56. The number of rotatable bonds is 5. The average molecular weight is 338 g/mol. The van der Waals surface area contributed by atoms with Gasteiger partial charge < -0.3 is 10.2 Å². The molecule has 4 rings (SSSR count). The minimum Gasteiger partial charge on any atom is -0.369 e. The Labute approximate surface area is 151 Å². The van der Waals surface area contributed by atoms with Crippen molar-refractivity contribution < 1.29 is 0 Å². The Balaban J connectivity index is 1.26. The lowest BCUT2D eigenvalue weighted by Crippen LogP contribution is -2.36. The SMILES string of the molecule is Cn1nc2c(c1NCCN1CCC(c3ccccc3)CC1)CCCC2. The van der Waals surface area contributed by atoms with E-state index in [1.54, 1.807) is 0 Å². The van der Waals surface area contributed by atoms with Crippen LogP contribution >= 0.6 is 0 Å². The van der Waals surface area contributed by atoms with Gasteiger partial charge in [-0.15, -0.1) is 0 Å². The number of nitrogens with one attached hydrogen (secondary N) is 1. The molecule has 25 heavy (non-hydrogen) atoms. The molecule has 1 saturated heterocycles. The summed E-state index contributed by atoms with van der Waals surface area (Å²) < 4.78 is 2.05. The molecule has 2 heterocycles. The fourth-order valence-corrected chi connectivity index (χ4v) is 4.45. The van der Waals surface area contributed by atoms with E-state index >= 15 is 0 Å². The molecule has 0 bridgehead atoms. The van der Waals surface area contributed by atoms with E-state index in [9.17, 15) is 0 Å². The summed E-state index contributed by atoms with van der Waals surface area (Å²) in [6.45, 7) is 4.57. The number of hydrogen-bond acceptors (Lipinski definition) is 3. The third-order valence-corrected chi connectivity index (χ3v) is 5.90. The van der Waals surface area contributed by atoms with Gasteiger partial charge in [0.05, 0.1) is 5.69 Å². The Morgan fingerprint density at radius 1 is 1.08 bits per heavy atom. The van der Waals surface area contributed by atoms with Crippen LogP contribution in [0.3, 0.4) is 0 Å². The largest absolute Gasteiger partial charge is 0.369 e. The molecule has 0 saturated carbocycles. The number of piperidine rings is 1. The zero-order valence-corrected chi connectivity index (χ0v) is 15.4. The van der Waals surface area contributed by atoms with Gasteiger partial charge in [0, 0.05) is 25.7 Å². The summed E-state index contributed by atoms with van der Waals surface area (Å²) in [5.74, 6) is 2.00. The van der Waals surface area contributed by atoms with Crippen molar-refractivity contribution in [1.82, 2.24) is 14.7 Å². The molecule has 1 aliphatic carbocycles. The van der Waals surface area contributed by atoms with Gasteiger partial charge in [-0.25, -0.2) is 0 Å². The summed E-state index contributed by atoms with van der Waals surface area (Å²) in [6, 6.07) is 11.0. The summed E-state index contributed by atoms with van der Waals surface area (Å²) >= 11 is 0. The van der Waals surface area contributed by atoms with Crippen molar-refractivity contribution in [2.75, 3.05) is 31.5 Å². The van der Waals surface area contributed by atoms with E-state index in [1.165, 1.54) is 67.8 Å². The number of hydrogen-bond donors (Lipinski definition) is 1. The van der Waals surface area contributed by atoms with Crippen LogP contribution in [0.4, 0.5) is 5.82 Å². The molecule has 1 aromatic carbocycles. The average Bonchev–Trinajstić information content (AvgIpc) is 2.99. The third-order valence-electron chi connectivity index (χ3n) is 5.90. The number of fused-ring (bicyclic) bond motifs is 1. The van der Waals surface area contributed by atoms with Crippen LogP contribution in [0.1, 0.15) is 48.4 Å². The highest BCUT2D eigenvalue weighted by atomic mass is 15.3. The Morgan fingerprint density at radius 2 is 1.84 bits per heavy atom. The first-order valence-electron chi connectivity index (χ1n) is 9.87. The molecule has 1 N–H and O–H groups in total. The summed E-state index contributed by atoms with van der Waals surface area (Å²) in [4.78, 5) is 2.61. The quantitative estimate of drug-likeness (QED) is 0.904. The molecule has 0 unspecified atom stereocenters. The van der Waals surface area contributed by atoms with Crippen molar-refractivity contribution in [2.45, 2.75) is 44.4 Å². The molecule has 1 aromatic heterocycles. The standard InChI is InChI=1S/C21H30N4/c1-24-21(19-9-5-6-10-20(19)23-24)22-13-16-25-14-11-18(12-15-25)17-7-3-2-4-8-17/h2-4,7-8,18,22H,5-6,9-16H2,1H3. The van der Waals surface area contributed by atoms with Gasteiger partial charge in [0.25, 0.3) is 0 Å². The first-order valence-corrected chi connectivity index (χ1v) is 9.87. The Kier molecular flexibility index (Phi) is 5.07. The lowest BCUT2D eigenvalue weighted by Gasteiger charge is -2.32. The molecule has 4 heteroatoms. The lowest BCUT2D eigenvalue weighted by atomic mass is 9.89. The monoisotopic (exact) mass is 338 g/mol. The third kappa shape index (κ3) is 3.74. The van der Waals surface area contributed by atoms with Crippen molar-refractivity contribution >= 4 is 5.82 Å². The molecule has 134 valence electrons. The van der Waals surface area contributed by atoms with Crippen LogP contribution in [0, 0.1) is 0 Å². The van der Waals surface area contributed by atoms with Crippen molar-refractivity contribution in [3.05, 3.63) is 47.2 Å². The van der Waals surface area contributed by atoms with Crippen LogP contribution in [-0.4, -0.2) is 40.9 Å². The molecule has 0 atom stereocenters. The number of likely N-dealkylation sites (tertiary alicyclic amines) is 1. The highest BCUT2D eigenvalue weighted by Gasteiger charge is 2.21. The van der Waals surface area contributed by atoms with Gasteiger partial charge in [-0.2, -0.15) is 5.10 Å². The van der Waals surface area contributed by atoms with Crippen molar-refractivity contribution in [3.63, 3.8) is 0 Å². The maximum atomic E-state index is 4.70. The van der Waals surface area contributed by atoms with E-state index in [2.05, 4.69) is 52.3 Å². The number of anilines is 1. The van der Waals surface area contributed by atoms with Crippen LogP contribution in [0.5, 0.6) is 0 Å². The fourth-order valence-electron chi connectivity index (χ4n) is 4.45. The molecule has 0 spiro atoms. The van der Waals surface area contributed by atoms with Gasteiger partial charge >= 0.3 is 0 Å². The number of aryl methyl sites for hydroxylation is 2. The molecule has 2 aromatic rings. The topological polar surface area (TPSA) is 33.1 Å². The van der Waals surface area contributed by atoms with Crippen molar-refractivity contribution in [3.8, 4) is 0 Å². The molecule has 4 nitrogen and oxygen atoms in total. The summed E-state index contributed by atoms with van der Waals surface area (Å²) in [7, 11) is 2.08. The van der Waals surface area contributed by atoms with Gasteiger partial charge in [0.2, 0.25) is 0 Å². The normalized spacial score (nSPS) is 18.9. The number of benzene rings is 1. The van der Waals surface area contributed by atoms with E-state index < -0.39 is 0 Å². The predicted octanol–water partition coefficient (Wildman–Crippen LogP) is 3.59. The lowest BCUT2D eigenvalue weighted by molar-refractivity contribution is 0.219. The van der Waals surface area contributed by atoms with Gasteiger partial charge in [-0.05, 0) is 63.1 Å². The second kappa shape index (κ2) is 7.61. The maximum Gasteiger partial charge on any atom is 0.127 e. The highest BCUT2D eigenvalue weighted by molar-refractivity contribution is 5.48. The van der Waals surface area contributed by atoms with Crippen LogP contribution in [-0.2, 0) is 19.9 Å². The zero-order chi connectivity index (χ0) is 17.1. The number of aromatic nitrogens is 2. The Bertz CT molecular complexity index is 683. The Hall–Kier alpha value is -1.81.